The summed E-state index contributed by atoms with van der Waals surface area (Å²) < 4.78 is 23.1. The van der Waals surface area contributed by atoms with Crippen LogP contribution in [0.2, 0.25) is 0 Å². The Morgan fingerprint density at radius 3 is 2.23 bits per heavy atom. The Hall–Kier alpha value is -4.03. The maximum atomic E-state index is 12.9. The monoisotopic (exact) mass is 568 g/mol. The van der Waals surface area contributed by atoms with Crippen LogP contribution < -0.4 is 19.5 Å². The molecule has 0 aliphatic rings. The molecule has 0 aliphatic heterocycles. The first kappa shape index (κ1) is 28.0. The second kappa shape index (κ2) is 12.2. The number of benzene rings is 2. The van der Waals surface area contributed by atoms with E-state index in [4.69, 9.17) is 18.9 Å². The van der Waals surface area contributed by atoms with Crippen LogP contribution in [0.25, 0.3) is 22.5 Å². The third-order valence-electron chi connectivity index (χ3n) is 5.88. The Balaban J connectivity index is 1.53. The van der Waals surface area contributed by atoms with Crippen LogP contribution in [-0.4, -0.2) is 60.8 Å². The minimum atomic E-state index is -0.510. The topological polar surface area (TPSA) is 114 Å². The smallest absolute Gasteiger partial charge is 0.341 e. The van der Waals surface area contributed by atoms with E-state index >= 15 is 0 Å². The number of amides is 1. The highest BCUT2D eigenvalue weighted by Gasteiger charge is 2.25. The first-order valence-electron chi connectivity index (χ1n) is 11.7. The standard InChI is InChI=1S/C27H28N4O6S2/c1-15-21(16-10-8-7-9-11-16)22(26(33)37-6)25(39-15)28-20(32)14-38-27-30-29-24(31(27)2)17-12-18(34-3)23(36-5)19(13-17)35-4/h7-13H,14H2,1-6H3,(H,28,32). The number of nitrogens with zero attached hydrogens (tertiary/aromatic N) is 3. The molecule has 0 saturated heterocycles. The van der Waals surface area contributed by atoms with Crippen LogP contribution in [0.3, 0.4) is 0 Å². The Morgan fingerprint density at radius 1 is 0.974 bits per heavy atom. The molecule has 0 aliphatic carbocycles. The Morgan fingerprint density at radius 2 is 1.64 bits per heavy atom. The minimum Gasteiger partial charge on any atom is -0.493 e. The molecule has 12 heteroatoms. The number of methoxy groups -OCH3 is 4. The van der Waals surface area contributed by atoms with Crippen LogP contribution in [0.15, 0.2) is 47.6 Å². The number of aryl methyl sites for hydroxylation is 1. The maximum absolute atomic E-state index is 12.9. The number of nitrogens with one attached hydrogen (secondary N) is 1. The summed E-state index contributed by atoms with van der Waals surface area (Å²) in [6.45, 7) is 1.91. The third-order valence-corrected chi connectivity index (χ3v) is 7.92. The van der Waals surface area contributed by atoms with Gasteiger partial charge in [-0.3, -0.25) is 4.79 Å². The van der Waals surface area contributed by atoms with Gasteiger partial charge in [0.15, 0.2) is 22.5 Å². The van der Waals surface area contributed by atoms with Crippen LogP contribution in [0.5, 0.6) is 17.2 Å². The van der Waals surface area contributed by atoms with Gasteiger partial charge in [-0.2, -0.15) is 0 Å². The van der Waals surface area contributed by atoms with Crippen molar-refractivity contribution in [1.82, 2.24) is 14.8 Å². The Kier molecular flexibility index (Phi) is 8.77. The molecule has 204 valence electrons. The summed E-state index contributed by atoms with van der Waals surface area (Å²) >= 11 is 2.56. The third kappa shape index (κ3) is 5.71. The number of thioether (sulfide) groups is 1. The van der Waals surface area contributed by atoms with Crippen molar-refractivity contribution < 1.29 is 28.5 Å². The lowest BCUT2D eigenvalue weighted by Crippen LogP contribution is -2.16. The van der Waals surface area contributed by atoms with Crippen molar-refractivity contribution in [3.8, 4) is 39.8 Å². The molecule has 0 bridgehead atoms. The Labute approximate surface area is 234 Å². The van der Waals surface area contributed by atoms with E-state index in [1.807, 2.05) is 44.3 Å². The number of esters is 1. The fraction of sp³-hybridized carbons (Fsp3) is 0.259. The zero-order chi connectivity index (χ0) is 28.1. The van der Waals surface area contributed by atoms with Crippen LogP contribution in [0, 0.1) is 6.92 Å². The molecule has 2 aromatic carbocycles. The van der Waals surface area contributed by atoms with Gasteiger partial charge in [0, 0.05) is 23.1 Å². The first-order valence-corrected chi connectivity index (χ1v) is 13.5. The highest BCUT2D eigenvalue weighted by atomic mass is 32.2. The van der Waals surface area contributed by atoms with E-state index in [9.17, 15) is 9.59 Å². The second-order valence-electron chi connectivity index (χ2n) is 8.21. The number of hydrogen-bond acceptors (Lipinski definition) is 10. The number of anilines is 1. The second-order valence-corrected chi connectivity index (χ2v) is 10.4. The van der Waals surface area contributed by atoms with Crippen molar-refractivity contribution in [1.29, 1.82) is 0 Å². The molecule has 0 radical (unpaired) electrons. The van der Waals surface area contributed by atoms with Crippen LogP contribution >= 0.6 is 23.1 Å². The summed E-state index contributed by atoms with van der Waals surface area (Å²) in [5.74, 6) is 1.28. The number of aromatic nitrogens is 3. The van der Waals surface area contributed by atoms with Gasteiger partial charge < -0.3 is 28.8 Å². The van der Waals surface area contributed by atoms with Crippen LogP contribution in [0.4, 0.5) is 5.00 Å². The largest absolute Gasteiger partial charge is 0.493 e. The van der Waals surface area contributed by atoms with Gasteiger partial charge in [-0.25, -0.2) is 4.79 Å². The fourth-order valence-corrected chi connectivity index (χ4v) is 5.87. The molecule has 2 heterocycles. The predicted octanol–water partition coefficient (Wildman–Crippen LogP) is 5.06. The van der Waals surface area contributed by atoms with Crippen LogP contribution in [-0.2, 0) is 16.6 Å². The normalized spacial score (nSPS) is 10.7. The van der Waals surface area contributed by atoms with Crippen LogP contribution in [0.1, 0.15) is 15.2 Å². The molecule has 2 aromatic heterocycles. The summed E-state index contributed by atoms with van der Waals surface area (Å²) in [4.78, 5) is 26.5. The van der Waals surface area contributed by atoms with Gasteiger partial charge in [-0.15, -0.1) is 21.5 Å². The summed E-state index contributed by atoms with van der Waals surface area (Å²) in [6, 6.07) is 13.1. The van der Waals surface area contributed by atoms with Crippen molar-refractivity contribution in [2.45, 2.75) is 12.1 Å². The molecule has 1 N–H and O–H groups in total. The predicted molar refractivity (Wildman–Crippen MR) is 151 cm³/mol. The summed E-state index contributed by atoms with van der Waals surface area (Å²) in [7, 11) is 7.76. The number of rotatable bonds is 10. The van der Waals surface area contributed by atoms with Crippen molar-refractivity contribution in [3.63, 3.8) is 0 Å². The zero-order valence-electron chi connectivity index (χ0n) is 22.4. The summed E-state index contributed by atoms with van der Waals surface area (Å²) in [6.07, 6.45) is 0. The average Bonchev–Trinajstić information content (AvgIpc) is 3.49. The Bertz CT molecular complexity index is 1470. The minimum absolute atomic E-state index is 0.0550. The SMILES string of the molecule is COC(=O)c1c(NC(=O)CSc2nnc(-c3cc(OC)c(OC)c(OC)c3)n2C)sc(C)c1-c1ccccc1. The number of ether oxygens (including phenoxy) is 4. The zero-order valence-corrected chi connectivity index (χ0v) is 24.0. The molecular formula is C27H28N4O6S2. The molecule has 0 spiro atoms. The van der Waals surface area contributed by atoms with E-state index in [1.165, 1.54) is 37.3 Å². The highest BCUT2D eigenvalue weighted by Crippen LogP contribution is 2.42. The van der Waals surface area contributed by atoms with Gasteiger partial charge in [0.25, 0.3) is 0 Å². The van der Waals surface area contributed by atoms with E-state index in [-0.39, 0.29) is 11.7 Å². The molecule has 39 heavy (non-hydrogen) atoms. The summed E-state index contributed by atoms with van der Waals surface area (Å²) in [5, 5.41) is 12.4. The fourth-order valence-electron chi connectivity index (χ4n) is 4.08. The molecule has 4 aromatic rings. The highest BCUT2D eigenvalue weighted by molar-refractivity contribution is 7.99. The van der Waals surface area contributed by atoms with Gasteiger partial charge in [-0.05, 0) is 24.6 Å². The van der Waals surface area contributed by atoms with E-state index in [0.29, 0.717) is 44.4 Å². The van der Waals surface area contributed by atoms with Gasteiger partial charge in [0.05, 0.1) is 34.2 Å². The number of hydrogen-bond donors (Lipinski definition) is 1. The van der Waals surface area contributed by atoms with E-state index in [0.717, 1.165) is 16.0 Å². The maximum Gasteiger partial charge on any atom is 0.341 e. The lowest BCUT2D eigenvalue weighted by atomic mass is 10.0. The van der Waals surface area contributed by atoms with Gasteiger partial charge in [-0.1, -0.05) is 42.1 Å². The lowest BCUT2D eigenvalue weighted by molar-refractivity contribution is -0.113. The van der Waals surface area contributed by atoms with E-state index < -0.39 is 5.97 Å². The van der Waals surface area contributed by atoms with Crippen molar-refractivity contribution in [2.75, 3.05) is 39.5 Å². The molecule has 10 nitrogen and oxygen atoms in total. The molecule has 0 unspecified atom stereocenters. The summed E-state index contributed by atoms with van der Waals surface area (Å²) in [5.41, 5.74) is 2.67. The van der Waals surface area contributed by atoms with E-state index in [2.05, 4.69) is 15.5 Å². The quantitative estimate of drug-likeness (QED) is 0.207. The number of carbonyl (C=O) groups excluding carboxylic acids is 2. The van der Waals surface area contributed by atoms with E-state index in [1.54, 1.807) is 30.9 Å². The molecule has 0 fully saturated rings. The van der Waals surface area contributed by atoms with Gasteiger partial charge in [0.2, 0.25) is 11.7 Å². The van der Waals surface area contributed by atoms with Crippen molar-refractivity contribution in [3.05, 3.63) is 52.9 Å². The van der Waals surface area contributed by atoms with Crippen molar-refractivity contribution in [2.24, 2.45) is 7.05 Å². The molecule has 0 saturated carbocycles. The average molecular weight is 569 g/mol. The number of thiophene rings is 1. The first-order chi connectivity index (χ1) is 18.8. The van der Waals surface area contributed by atoms with Gasteiger partial charge in [0.1, 0.15) is 10.6 Å². The molecule has 1 amide bonds. The van der Waals surface area contributed by atoms with Gasteiger partial charge >= 0.3 is 5.97 Å². The lowest BCUT2D eigenvalue weighted by Gasteiger charge is -2.14. The molecule has 0 atom stereocenters. The number of carbonyl (C=O) groups is 2. The molecule has 4 rings (SSSR count). The molecular weight excluding hydrogens is 540 g/mol. The van der Waals surface area contributed by atoms with Crippen molar-refractivity contribution >= 4 is 40.0 Å².